The van der Waals surface area contributed by atoms with Gasteiger partial charge in [0.05, 0.1) is 24.5 Å². The molecule has 0 saturated heterocycles. The van der Waals surface area contributed by atoms with Crippen molar-refractivity contribution in [2.45, 2.75) is 32.7 Å². The molecule has 0 spiro atoms. The number of hydrogen-bond acceptors (Lipinski definition) is 6. The van der Waals surface area contributed by atoms with Gasteiger partial charge in [0.15, 0.2) is 11.9 Å². The van der Waals surface area contributed by atoms with Gasteiger partial charge in [0, 0.05) is 30.0 Å². The lowest BCUT2D eigenvalue weighted by Crippen LogP contribution is -2.00. The number of rotatable bonds is 4. The normalized spacial score (nSPS) is 10.2. The summed E-state index contributed by atoms with van der Waals surface area (Å²) < 4.78 is 1.83. The van der Waals surface area contributed by atoms with E-state index in [0.717, 1.165) is 17.1 Å². The summed E-state index contributed by atoms with van der Waals surface area (Å²) in [5.74, 6) is 3.32. The average Bonchev–Trinajstić information content (AvgIpc) is 3.24. The molecular weight excluding hydrogens is 306 g/mol. The monoisotopic (exact) mass is 327 g/mol. The smallest absolute Gasteiger partial charge is 0.197 e. The van der Waals surface area contributed by atoms with E-state index in [0.29, 0.717) is 30.8 Å². The van der Waals surface area contributed by atoms with E-state index in [2.05, 4.69) is 50.0 Å². The Bertz CT molecular complexity index is 803. The van der Waals surface area contributed by atoms with Crippen molar-refractivity contribution in [3.05, 3.63) is 35.7 Å². The van der Waals surface area contributed by atoms with E-state index < -0.39 is 0 Å². The van der Waals surface area contributed by atoms with Crippen molar-refractivity contribution in [2.24, 2.45) is 0 Å². The van der Waals surface area contributed by atoms with Crippen LogP contribution in [0, 0.1) is 12.3 Å². The maximum atomic E-state index is 5.48. The van der Waals surface area contributed by atoms with Crippen molar-refractivity contribution in [3.63, 3.8) is 0 Å². The van der Waals surface area contributed by atoms with Crippen LogP contribution in [0.5, 0.6) is 0 Å². The molecule has 0 aromatic carbocycles. The summed E-state index contributed by atoms with van der Waals surface area (Å²) >= 11 is 0. The number of nitrogens with one attached hydrogen (secondary N) is 2. The van der Waals surface area contributed by atoms with E-state index in [1.165, 1.54) is 0 Å². The van der Waals surface area contributed by atoms with Gasteiger partial charge >= 0.3 is 0 Å². The standard InChI is InChI=1S/C9H14N6.C6H7N3/c1-6(2)15-5-8(13-14-15)3-7-4-11-9(10)12-7;1-2-3-5-4-8-6(7)9-5/h4-6H,3H2,1-2H3,(H3,10,11,12);1,4H,3H2,(H3,7,8,9). The van der Waals surface area contributed by atoms with Gasteiger partial charge in [0.2, 0.25) is 0 Å². The highest BCUT2D eigenvalue weighted by Crippen LogP contribution is 2.07. The van der Waals surface area contributed by atoms with Gasteiger partial charge in [0.1, 0.15) is 0 Å². The molecule has 3 heterocycles. The molecule has 0 aliphatic heterocycles. The molecule has 0 aliphatic carbocycles. The molecule has 126 valence electrons. The summed E-state index contributed by atoms with van der Waals surface area (Å²) in [6.07, 6.45) is 11.5. The van der Waals surface area contributed by atoms with Gasteiger partial charge in [-0.1, -0.05) is 5.21 Å². The first kappa shape index (κ1) is 17.1. The Labute approximate surface area is 139 Å². The van der Waals surface area contributed by atoms with E-state index in [9.17, 15) is 0 Å². The molecule has 0 amide bonds. The molecule has 3 rings (SSSR count). The van der Waals surface area contributed by atoms with Crippen LogP contribution in [-0.2, 0) is 12.8 Å². The van der Waals surface area contributed by atoms with Gasteiger partial charge in [0.25, 0.3) is 0 Å². The first-order chi connectivity index (χ1) is 11.5. The maximum absolute atomic E-state index is 5.48. The van der Waals surface area contributed by atoms with Gasteiger partial charge in [-0.05, 0) is 13.8 Å². The molecule has 0 radical (unpaired) electrons. The lowest BCUT2D eigenvalue weighted by atomic mass is 10.3. The SMILES string of the molecule is C#CCc1cnc(N)[nH]1.CC(C)n1cc(Cc2cnc(N)[nH]2)nn1. The third kappa shape index (κ3) is 4.88. The molecule has 0 saturated carbocycles. The van der Waals surface area contributed by atoms with Crippen LogP contribution in [0.3, 0.4) is 0 Å². The number of aromatic nitrogens is 7. The Morgan fingerprint density at radius 2 is 1.79 bits per heavy atom. The molecule has 0 fully saturated rings. The fraction of sp³-hybridized carbons (Fsp3) is 0.333. The fourth-order valence-electron chi connectivity index (χ4n) is 1.88. The Morgan fingerprint density at radius 1 is 1.17 bits per heavy atom. The van der Waals surface area contributed by atoms with Gasteiger partial charge in [-0.25, -0.2) is 14.6 Å². The molecule has 24 heavy (non-hydrogen) atoms. The Balaban J connectivity index is 0.000000198. The Morgan fingerprint density at radius 3 is 2.25 bits per heavy atom. The molecule has 9 heteroatoms. The average molecular weight is 327 g/mol. The highest BCUT2D eigenvalue weighted by atomic mass is 15.4. The largest absolute Gasteiger partial charge is 0.369 e. The number of nitrogens with zero attached hydrogens (tertiary/aromatic N) is 5. The number of hydrogen-bond donors (Lipinski definition) is 4. The number of nitrogen functional groups attached to an aromatic ring is 2. The second kappa shape index (κ2) is 7.82. The van der Waals surface area contributed by atoms with Crippen molar-refractivity contribution in [3.8, 4) is 12.3 Å². The number of nitrogens with two attached hydrogens (primary N) is 2. The van der Waals surface area contributed by atoms with Crippen LogP contribution in [0.4, 0.5) is 11.9 Å². The molecule has 3 aromatic rings. The van der Waals surface area contributed by atoms with E-state index in [1.807, 2.05) is 10.9 Å². The lowest BCUT2D eigenvalue weighted by Gasteiger charge is -2.00. The van der Waals surface area contributed by atoms with Gasteiger partial charge in [-0.15, -0.1) is 17.4 Å². The fourth-order valence-corrected chi connectivity index (χ4v) is 1.88. The summed E-state index contributed by atoms with van der Waals surface area (Å²) in [5.41, 5.74) is 13.5. The lowest BCUT2D eigenvalue weighted by molar-refractivity contribution is 0.514. The van der Waals surface area contributed by atoms with E-state index in [4.69, 9.17) is 17.9 Å². The number of H-pyrrole nitrogens is 2. The van der Waals surface area contributed by atoms with Crippen molar-refractivity contribution < 1.29 is 0 Å². The first-order valence-corrected chi connectivity index (χ1v) is 7.40. The van der Waals surface area contributed by atoms with Gasteiger partial charge in [-0.3, -0.25) is 0 Å². The van der Waals surface area contributed by atoms with Crippen LogP contribution in [-0.4, -0.2) is 34.9 Å². The van der Waals surface area contributed by atoms with Crippen molar-refractivity contribution in [1.82, 2.24) is 34.9 Å². The number of terminal acetylenes is 1. The molecule has 6 N–H and O–H groups in total. The summed E-state index contributed by atoms with van der Waals surface area (Å²) in [6.45, 7) is 4.12. The minimum atomic E-state index is 0.332. The minimum absolute atomic E-state index is 0.332. The van der Waals surface area contributed by atoms with Crippen molar-refractivity contribution >= 4 is 11.9 Å². The van der Waals surface area contributed by atoms with E-state index in [-0.39, 0.29) is 0 Å². The van der Waals surface area contributed by atoms with E-state index >= 15 is 0 Å². The zero-order chi connectivity index (χ0) is 17.5. The zero-order valence-electron chi connectivity index (χ0n) is 13.7. The highest BCUT2D eigenvalue weighted by molar-refractivity contribution is 5.21. The van der Waals surface area contributed by atoms with Gasteiger partial charge < -0.3 is 21.4 Å². The molecule has 0 unspecified atom stereocenters. The summed E-state index contributed by atoms with van der Waals surface area (Å²) in [6, 6.07) is 0.332. The maximum Gasteiger partial charge on any atom is 0.197 e. The Kier molecular flexibility index (Phi) is 5.57. The molecular formula is C15H21N9. The predicted molar refractivity (Wildman–Crippen MR) is 91.8 cm³/mol. The molecule has 0 aliphatic rings. The third-order valence-electron chi connectivity index (χ3n) is 3.05. The van der Waals surface area contributed by atoms with Crippen LogP contribution in [0.1, 0.15) is 37.0 Å². The topological polar surface area (TPSA) is 140 Å². The molecule has 0 atom stereocenters. The number of aromatic amines is 2. The van der Waals surface area contributed by atoms with Crippen LogP contribution >= 0.6 is 0 Å². The van der Waals surface area contributed by atoms with Gasteiger partial charge in [-0.2, -0.15) is 0 Å². The molecule has 3 aromatic heterocycles. The summed E-state index contributed by atoms with van der Waals surface area (Å²) in [4.78, 5) is 13.4. The minimum Gasteiger partial charge on any atom is -0.369 e. The zero-order valence-corrected chi connectivity index (χ0v) is 13.7. The third-order valence-corrected chi connectivity index (χ3v) is 3.05. The first-order valence-electron chi connectivity index (χ1n) is 7.40. The highest BCUT2D eigenvalue weighted by Gasteiger charge is 2.05. The van der Waals surface area contributed by atoms with Crippen LogP contribution in [0.2, 0.25) is 0 Å². The second-order valence-electron chi connectivity index (χ2n) is 5.43. The number of anilines is 2. The predicted octanol–water partition coefficient (Wildman–Crippen LogP) is 0.923. The summed E-state index contributed by atoms with van der Waals surface area (Å²) in [5, 5.41) is 8.09. The molecule has 9 nitrogen and oxygen atoms in total. The van der Waals surface area contributed by atoms with Crippen LogP contribution in [0.25, 0.3) is 0 Å². The number of imidazole rings is 2. The van der Waals surface area contributed by atoms with Crippen molar-refractivity contribution in [1.29, 1.82) is 0 Å². The Hall–Kier alpha value is -3.28. The summed E-state index contributed by atoms with van der Waals surface area (Å²) in [7, 11) is 0. The second-order valence-corrected chi connectivity index (χ2v) is 5.43. The quantitative estimate of drug-likeness (QED) is 0.525. The van der Waals surface area contributed by atoms with Crippen LogP contribution < -0.4 is 11.5 Å². The van der Waals surface area contributed by atoms with Crippen LogP contribution in [0.15, 0.2) is 18.6 Å². The van der Waals surface area contributed by atoms with E-state index in [1.54, 1.807) is 12.4 Å². The molecule has 0 bridgehead atoms. The van der Waals surface area contributed by atoms with Crippen molar-refractivity contribution in [2.75, 3.05) is 11.5 Å².